The molecule has 1 heterocycles. The van der Waals surface area contributed by atoms with Crippen molar-refractivity contribution in [3.05, 3.63) is 58.7 Å². The summed E-state index contributed by atoms with van der Waals surface area (Å²) in [5, 5.41) is 7.29. The van der Waals surface area contributed by atoms with Gasteiger partial charge in [0.05, 0.1) is 13.2 Å². The lowest BCUT2D eigenvalue weighted by molar-refractivity contribution is 0.326. The summed E-state index contributed by atoms with van der Waals surface area (Å²) in [5.74, 6) is 1.39. The van der Waals surface area contributed by atoms with E-state index in [-0.39, 0.29) is 0 Å². The fraction of sp³-hybridized carbons (Fsp3) is 0.333. The van der Waals surface area contributed by atoms with Crippen molar-refractivity contribution in [2.24, 2.45) is 4.99 Å². The van der Waals surface area contributed by atoms with Gasteiger partial charge in [-0.25, -0.2) is 9.98 Å². The van der Waals surface area contributed by atoms with Crippen molar-refractivity contribution in [2.45, 2.75) is 26.9 Å². The average molecular weight is 347 g/mol. The first-order valence-electron chi connectivity index (χ1n) is 8.05. The van der Waals surface area contributed by atoms with Gasteiger partial charge in [-0.15, -0.1) is 0 Å². The first-order chi connectivity index (χ1) is 11.7. The Morgan fingerprint density at radius 2 is 1.92 bits per heavy atom. The number of nitrogens with one attached hydrogen (secondary N) is 2. The number of hydrogen-bond acceptors (Lipinski definition) is 3. The number of pyridine rings is 1. The highest BCUT2D eigenvalue weighted by Crippen LogP contribution is 2.11. The Balaban J connectivity index is 1.96. The second kappa shape index (κ2) is 9.78. The largest absolute Gasteiger partial charge is 0.478 e. The molecule has 2 N–H and O–H groups in total. The highest BCUT2D eigenvalue weighted by atomic mass is 35.5. The molecule has 0 bridgehead atoms. The molecule has 0 aliphatic heterocycles. The van der Waals surface area contributed by atoms with E-state index in [1.165, 1.54) is 0 Å². The van der Waals surface area contributed by atoms with Crippen LogP contribution in [0.15, 0.2) is 47.6 Å². The van der Waals surface area contributed by atoms with E-state index in [9.17, 15) is 0 Å². The monoisotopic (exact) mass is 346 g/mol. The third-order valence-electron chi connectivity index (χ3n) is 3.23. The van der Waals surface area contributed by atoms with Crippen LogP contribution in [0.5, 0.6) is 5.88 Å². The molecule has 0 atom stereocenters. The van der Waals surface area contributed by atoms with Crippen molar-refractivity contribution < 1.29 is 4.74 Å². The Hall–Kier alpha value is -2.27. The molecule has 0 aliphatic rings. The molecule has 0 aliphatic carbocycles. The topological polar surface area (TPSA) is 58.5 Å². The fourth-order valence-electron chi connectivity index (χ4n) is 2.08. The van der Waals surface area contributed by atoms with Crippen LogP contribution >= 0.6 is 11.6 Å². The first kappa shape index (κ1) is 18.1. The fourth-order valence-corrected chi connectivity index (χ4v) is 2.20. The van der Waals surface area contributed by atoms with Crippen molar-refractivity contribution in [3.8, 4) is 5.88 Å². The van der Waals surface area contributed by atoms with Crippen molar-refractivity contribution in [1.29, 1.82) is 0 Å². The molecule has 0 radical (unpaired) electrons. The molecule has 0 saturated heterocycles. The Morgan fingerprint density at radius 1 is 1.12 bits per heavy atom. The van der Waals surface area contributed by atoms with Gasteiger partial charge in [0, 0.05) is 30.4 Å². The number of nitrogens with zero attached hydrogens (tertiary/aromatic N) is 2. The van der Waals surface area contributed by atoms with E-state index in [1.807, 2.05) is 50.2 Å². The second-order valence-electron chi connectivity index (χ2n) is 5.11. The maximum absolute atomic E-state index is 5.91. The summed E-state index contributed by atoms with van der Waals surface area (Å²) < 4.78 is 5.41. The molecule has 2 aromatic rings. The number of hydrogen-bond donors (Lipinski definition) is 2. The number of halogens is 1. The number of ether oxygens (including phenoxy) is 1. The van der Waals surface area contributed by atoms with Crippen molar-refractivity contribution in [3.63, 3.8) is 0 Å². The van der Waals surface area contributed by atoms with E-state index in [2.05, 4.69) is 20.6 Å². The van der Waals surface area contributed by atoms with Crippen molar-refractivity contribution >= 4 is 17.6 Å². The van der Waals surface area contributed by atoms with Gasteiger partial charge in [0.25, 0.3) is 0 Å². The van der Waals surface area contributed by atoms with E-state index < -0.39 is 0 Å². The zero-order valence-corrected chi connectivity index (χ0v) is 14.8. The summed E-state index contributed by atoms with van der Waals surface area (Å²) in [6.45, 7) is 6.62. The van der Waals surface area contributed by atoms with Crippen molar-refractivity contribution in [1.82, 2.24) is 15.6 Å². The van der Waals surface area contributed by atoms with Gasteiger partial charge in [0.15, 0.2) is 5.96 Å². The highest BCUT2D eigenvalue weighted by Gasteiger charge is 2.01. The SMILES string of the molecule is CCNC(=NCc1ccnc(OCC)c1)NCc1ccc(Cl)cc1. The lowest BCUT2D eigenvalue weighted by Gasteiger charge is -2.11. The molecule has 5 nitrogen and oxygen atoms in total. The van der Waals surface area contributed by atoms with Gasteiger partial charge in [-0.05, 0) is 43.2 Å². The molecule has 0 saturated carbocycles. The number of aromatic nitrogens is 1. The normalized spacial score (nSPS) is 11.2. The van der Waals surface area contributed by atoms with Gasteiger partial charge in [-0.2, -0.15) is 0 Å². The Kier molecular flexibility index (Phi) is 7.36. The minimum Gasteiger partial charge on any atom is -0.478 e. The first-order valence-corrected chi connectivity index (χ1v) is 8.43. The van der Waals surface area contributed by atoms with Crippen LogP contribution in [0.2, 0.25) is 5.02 Å². The molecule has 24 heavy (non-hydrogen) atoms. The maximum Gasteiger partial charge on any atom is 0.213 e. The molecule has 0 unspecified atom stereocenters. The number of aliphatic imine (C=N–C) groups is 1. The molecule has 2 rings (SSSR count). The van der Waals surface area contributed by atoms with Gasteiger partial charge in [0.1, 0.15) is 0 Å². The van der Waals surface area contributed by atoms with Crippen LogP contribution in [0, 0.1) is 0 Å². The van der Waals surface area contributed by atoms with E-state index in [4.69, 9.17) is 16.3 Å². The summed E-state index contributed by atoms with van der Waals surface area (Å²) in [7, 11) is 0. The van der Waals surface area contributed by atoms with Crippen LogP contribution < -0.4 is 15.4 Å². The van der Waals surface area contributed by atoms with Crippen LogP contribution in [-0.2, 0) is 13.1 Å². The number of guanidine groups is 1. The summed E-state index contributed by atoms with van der Waals surface area (Å²) in [4.78, 5) is 8.77. The molecule has 128 valence electrons. The van der Waals surface area contributed by atoms with Gasteiger partial charge in [-0.3, -0.25) is 0 Å². The summed E-state index contributed by atoms with van der Waals surface area (Å²) in [5.41, 5.74) is 2.20. The third kappa shape index (κ3) is 6.08. The molecule has 0 amide bonds. The molecule has 0 spiro atoms. The Labute approximate surface area is 148 Å². The molecule has 1 aromatic heterocycles. The van der Waals surface area contributed by atoms with Crippen LogP contribution in [0.4, 0.5) is 0 Å². The van der Waals surface area contributed by atoms with Gasteiger partial charge in [0.2, 0.25) is 5.88 Å². The number of rotatable bonds is 7. The van der Waals surface area contributed by atoms with Gasteiger partial charge >= 0.3 is 0 Å². The van der Waals surface area contributed by atoms with E-state index in [0.29, 0.717) is 25.6 Å². The lowest BCUT2D eigenvalue weighted by Crippen LogP contribution is -2.36. The Morgan fingerprint density at radius 3 is 2.62 bits per heavy atom. The lowest BCUT2D eigenvalue weighted by atomic mass is 10.2. The second-order valence-corrected chi connectivity index (χ2v) is 5.55. The summed E-state index contributed by atoms with van der Waals surface area (Å²) >= 11 is 5.91. The molecular formula is C18H23ClN4O. The minimum absolute atomic E-state index is 0.554. The van der Waals surface area contributed by atoms with Crippen LogP contribution in [-0.4, -0.2) is 24.1 Å². The standard InChI is InChI=1S/C18H23ClN4O/c1-3-20-18(22-12-14-5-7-16(19)8-6-14)23-13-15-9-10-21-17(11-15)24-4-2/h5-11H,3-4,12-13H2,1-2H3,(H2,20,22,23). The maximum atomic E-state index is 5.91. The van der Waals surface area contributed by atoms with E-state index >= 15 is 0 Å². The average Bonchev–Trinajstić information content (AvgIpc) is 2.59. The third-order valence-corrected chi connectivity index (χ3v) is 3.48. The van der Waals surface area contributed by atoms with Crippen LogP contribution in [0.25, 0.3) is 0 Å². The molecule has 1 aromatic carbocycles. The van der Waals surface area contributed by atoms with Gasteiger partial charge in [-0.1, -0.05) is 23.7 Å². The van der Waals surface area contributed by atoms with Crippen LogP contribution in [0.1, 0.15) is 25.0 Å². The summed E-state index contributed by atoms with van der Waals surface area (Å²) in [6, 6.07) is 11.6. The predicted octanol–water partition coefficient (Wildman–Crippen LogP) is 3.39. The van der Waals surface area contributed by atoms with Gasteiger partial charge < -0.3 is 15.4 Å². The smallest absolute Gasteiger partial charge is 0.213 e. The minimum atomic E-state index is 0.554. The zero-order chi connectivity index (χ0) is 17.2. The predicted molar refractivity (Wildman–Crippen MR) is 98.5 cm³/mol. The number of benzene rings is 1. The van der Waals surface area contributed by atoms with E-state index in [0.717, 1.165) is 28.7 Å². The van der Waals surface area contributed by atoms with Crippen molar-refractivity contribution in [2.75, 3.05) is 13.2 Å². The highest BCUT2D eigenvalue weighted by molar-refractivity contribution is 6.30. The molecule has 0 fully saturated rings. The Bertz CT molecular complexity index is 658. The molecular weight excluding hydrogens is 324 g/mol. The zero-order valence-electron chi connectivity index (χ0n) is 14.1. The quantitative estimate of drug-likeness (QED) is 0.596. The summed E-state index contributed by atoms with van der Waals surface area (Å²) in [6.07, 6.45) is 1.74. The van der Waals surface area contributed by atoms with Crippen LogP contribution in [0.3, 0.4) is 0 Å². The van der Waals surface area contributed by atoms with E-state index in [1.54, 1.807) is 6.20 Å². The molecule has 6 heteroatoms.